The van der Waals surface area contributed by atoms with Gasteiger partial charge in [0.2, 0.25) is 11.8 Å². The molecule has 0 fully saturated rings. The topological polar surface area (TPSA) is 96.0 Å². The number of nitrogens with zero attached hydrogens (tertiary/aromatic N) is 2. The standard InChI is InChI=1S/C31H37Cl2N3O5S2/c1-6-21(3)34-31(38)22(4)35(19-27-28(32)9-8-10-29(27)33)30(37)20-36(23-11-13-24(14-12-23)41-7-2)43(39,40)26-17-15-25(42-5)16-18-26/h8-18,21-22H,6-7,19-20H2,1-5H3,(H,34,38). The molecule has 0 radical (unpaired) electrons. The summed E-state index contributed by atoms with van der Waals surface area (Å²) in [6.45, 7) is 7.00. The third-order valence-electron chi connectivity index (χ3n) is 6.92. The van der Waals surface area contributed by atoms with Gasteiger partial charge in [0.15, 0.2) is 0 Å². The van der Waals surface area contributed by atoms with Gasteiger partial charge in [-0.1, -0.05) is 36.2 Å². The molecule has 0 bridgehead atoms. The van der Waals surface area contributed by atoms with E-state index in [1.54, 1.807) is 61.5 Å². The van der Waals surface area contributed by atoms with Crippen molar-refractivity contribution in [3.05, 3.63) is 82.3 Å². The molecule has 0 aliphatic carbocycles. The second kappa shape index (κ2) is 15.7. The Bertz CT molecular complexity index is 1480. The van der Waals surface area contributed by atoms with Crippen LogP contribution in [0.5, 0.6) is 5.75 Å². The van der Waals surface area contributed by atoms with Crippen LogP contribution in [-0.2, 0) is 26.2 Å². The van der Waals surface area contributed by atoms with Gasteiger partial charge in [0.1, 0.15) is 18.3 Å². The van der Waals surface area contributed by atoms with Crippen molar-refractivity contribution in [3.8, 4) is 5.75 Å². The third-order valence-corrected chi connectivity index (χ3v) is 10.2. The van der Waals surface area contributed by atoms with Crippen LogP contribution in [0, 0.1) is 0 Å². The van der Waals surface area contributed by atoms with E-state index in [1.165, 1.54) is 28.8 Å². The fourth-order valence-corrected chi connectivity index (χ4v) is 6.52. The van der Waals surface area contributed by atoms with Crippen molar-refractivity contribution in [2.45, 2.75) is 62.5 Å². The van der Waals surface area contributed by atoms with E-state index in [0.717, 1.165) is 9.20 Å². The first-order chi connectivity index (χ1) is 20.4. The Kier molecular flexibility index (Phi) is 12.6. The summed E-state index contributed by atoms with van der Waals surface area (Å²) in [6.07, 6.45) is 2.59. The highest BCUT2D eigenvalue weighted by molar-refractivity contribution is 7.98. The molecule has 2 amide bonds. The van der Waals surface area contributed by atoms with Crippen LogP contribution in [0.15, 0.2) is 76.5 Å². The molecule has 0 aromatic heterocycles. The Labute approximate surface area is 268 Å². The lowest BCUT2D eigenvalue weighted by atomic mass is 10.1. The van der Waals surface area contributed by atoms with E-state index >= 15 is 0 Å². The zero-order valence-electron chi connectivity index (χ0n) is 24.8. The van der Waals surface area contributed by atoms with Gasteiger partial charge >= 0.3 is 0 Å². The number of sulfonamides is 1. The maximum absolute atomic E-state index is 14.1. The summed E-state index contributed by atoms with van der Waals surface area (Å²) in [5.74, 6) is -0.431. The molecular weight excluding hydrogens is 629 g/mol. The minimum Gasteiger partial charge on any atom is -0.494 e. The molecule has 12 heteroatoms. The van der Waals surface area contributed by atoms with Crippen molar-refractivity contribution in [2.24, 2.45) is 0 Å². The number of nitrogens with one attached hydrogen (secondary N) is 1. The summed E-state index contributed by atoms with van der Waals surface area (Å²) >= 11 is 14.4. The number of halogens is 2. The number of hydrogen-bond acceptors (Lipinski definition) is 6. The van der Waals surface area contributed by atoms with Crippen molar-refractivity contribution in [1.82, 2.24) is 10.2 Å². The van der Waals surface area contributed by atoms with Gasteiger partial charge in [0.25, 0.3) is 10.0 Å². The minimum atomic E-state index is -4.21. The average Bonchev–Trinajstić information content (AvgIpc) is 2.99. The van der Waals surface area contributed by atoms with E-state index in [-0.39, 0.29) is 29.1 Å². The highest BCUT2D eigenvalue weighted by atomic mass is 35.5. The lowest BCUT2D eigenvalue weighted by Gasteiger charge is -2.33. The number of ether oxygens (including phenoxy) is 1. The normalized spacial score (nSPS) is 12.7. The molecule has 0 saturated carbocycles. The van der Waals surface area contributed by atoms with E-state index < -0.39 is 28.5 Å². The molecule has 0 aliphatic heterocycles. The van der Waals surface area contributed by atoms with Gasteiger partial charge in [0.05, 0.1) is 17.2 Å². The quantitative estimate of drug-likeness (QED) is 0.194. The predicted octanol–water partition coefficient (Wildman–Crippen LogP) is 6.64. The zero-order chi connectivity index (χ0) is 31.7. The lowest BCUT2D eigenvalue weighted by molar-refractivity contribution is -0.139. The highest BCUT2D eigenvalue weighted by Crippen LogP contribution is 2.30. The van der Waals surface area contributed by atoms with Gasteiger partial charge < -0.3 is 15.0 Å². The zero-order valence-corrected chi connectivity index (χ0v) is 28.0. The molecule has 232 valence electrons. The Morgan fingerprint density at radius 3 is 2.09 bits per heavy atom. The van der Waals surface area contributed by atoms with Gasteiger partial charge in [-0.05, 0) is 94.1 Å². The van der Waals surface area contributed by atoms with E-state index in [2.05, 4.69) is 5.32 Å². The number of rotatable bonds is 14. The smallest absolute Gasteiger partial charge is 0.264 e. The van der Waals surface area contributed by atoms with Crippen molar-refractivity contribution >= 4 is 62.5 Å². The average molecular weight is 667 g/mol. The van der Waals surface area contributed by atoms with E-state index in [0.29, 0.717) is 34.4 Å². The molecule has 0 spiro atoms. The molecule has 0 heterocycles. The number of benzene rings is 3. The summed E-state index contributed by atoms with van der Waals surface area (Å²) in [7, 11) is -4.21. The van der Waals surface area contributed by atoms with Crippen molar-refractivity contribution < 1.29 is 22.7 Å². The largest absolute Gasteiger partial charge is 0.494 e. The van der Waals surface area contributed by atoms with Crippen LogP contribution >= 0.6 is 35.0 Å². The van der Waals surface area contributed by atoms with Gasteiger partial charge in [-0.25, -0.2) is 8.42 Å². The van der Waals surface area contributed by atoms with Crippen molar-refractivity contribution in [3.63, 3.8) is 0 Å². The Morgan fingerprint density at radius 1 is 0.953 bits per heavy atom. The van der Waals surface area contributed by atoms with Crippen molar-refractivity contribution in [2.75, 3.05) is 23.7 Å². The van der Waals surface area contributed by atoms with Gasteiger partial charge in [-0.2, -0.15) is 0 Å². The monoisotopic (exact) mass is 665 g/mol. The highest BCUT2D eigenvalue weighted by Gasteiger charge is 2.33. The predicted molar refractivity (Wildman–Crippen MR) is 175 cm³/mol. The molecule has 0 aliphatic rings. The number of thioether (sulfide) groups is 1. The van der Waals surface area contributed by atoms with Crippen LogP contribution < -0.4 is 14.4 Å². The number of hydrogen-bond donors (Lipinski definition) is 1. The molecule has 43 heavy (non-hydrogen) atoms. The van der Waals surface area contributed by atoms with Gasteiger partial charge in [0, 0.05) is 33.1 Å². The van der Waals surface area contributed by atoms with Crippen LogP contribution in [-0.4, -0.2) is 56.6 Å². The molecule has 2 unspecified atom stereocenters. The molecule has 0 saturated heterocycles. The van der Waals surface area contributed by atoms with Crippen molar-refractivity contribution in [1.29, 1.82) is 0 Å². The molecule has 3 aromatic carbocycles. The summed E-state index contributed by atoms with van der Waals surface area (Å²) in [6, 6.07) is 16.8. The van der Waals surface area contributed by atoms with Crippen LogP contribution in [0.4, 0.5) is 5.69 Å². The van der Waals surface area contributed by atoms with Crippen LogP contribution in [0.3, 0.4) is 0 Å². The molecule has 3 rings (SSSR count). The Hall–Kier alpha value is -2.92. The second-order valence-corrected chi connectivity index (χ2v) is 13.4. The number of carbonyl (C=O) groups excluding carboxylic acids is 2. The third kappa shape index (κ3) is 8.81. The minimum absolute atomic E-state index is 0.0234. The second-order valence-electron chi connectivity index (χ2n) is 9.83. The molecule has 1 N–H and O–H groups in total. The first kappa shape index (κ1) is 34.6. The Morgan fingerprint density at radius 2 is 1.56 bits per heavy atom. The number of anilines is 1. The van der Waals surface area contributed by atoms with E-state index in [4.69, 9.17) is 27.9 Å². The fraction of sp³-hybridized carbons (Fsp3) is 0.355. The Balaban J connectivity index is 2.07. The van der Waals surface area contributed by atoms with Gasteiger partial charge in [-0.15, -0.1) is 11.8 Å². The first-order valence-corrected chi connectivity index (χ1v) is 17.3. The van der Waals surface area contributed by atoms with E-state index in [1.807, 2.05) is 27.0 Å². The maximum atomic E-state index is 14.1. The number of carbonyl (C=O) groups is 2. The van der Waals surface area contributed by atoms with Crippen LogP contribution in [0.2, 0.25) is 10.0 Å². The van der Waals surface area contributed by atoms with E-state index in [9.17, 15) is 18.0 Å². The summed E-state index contributed by atoms with van der Waals surface area (Å²) in [5, 5.41) is 3.55. The van der Waals surface area contributed by atoms with Crippen LogP contribution in [0.25, 0.3) is 0 Å². The fourth-order valence-electron chi connectivity index (χ4n) is 4.18. The SMILES string of the molecule is CCOc1ccc(N(CC(=O)N(Cc2c(Cl)cccc2Cl)C(C)C(=O)NC(C)CC)S(=O)(=O)c2ccc(SC)cc2)cc1. The number of amides is 2. The summed E-state index contributed by atoms with van der Waals surface area (Å²) < 4.78 is 34.7. The molecular formula is C31H37Cl2N3O5S2. The molecule has 8 nitrogen and oxygen atoms in total. The molecule has 3 aromatic rings. The molecule has 2 atom stereocenters. The van der Waals surface area contributed by atoms with Gasteiger partial charge in [-0.3, -0.25) is 13.9 Å². The lowest BCUT2D eigenvalue weighted by Crippen LogP contribution is -2.52. The summed E-state index contributed by atoms with van der Waals surface area (Å²) in [4.78, 5) is 29.6. The first-order valence-electron chi connectivity index (χ1n) is 13.8. The van der Waals surface area contributed by atoms with Crippen LogP contribution in [0.1, 0.15) is 39.7 Å². The summed E-state index contributed by atoms with van der Waals surface area (Å²) in [5.41, 5.74) is 0.712. The maximum Gasteiger partial charge on any atom is 0.264 e.